The largest absolute Gasteiger partial charge is 0.379 e. The van der Waals surface area contributed by atoms with E-state index in [-0.39, 0.29) is 10.7 Å². The number of aryl methyl sites for hydroxylation is 1. The second-order valence-electron chi connectivity index (χ2n) is 4.02. The molecular formula is C12H13ClN4O2. The Morgan fingerprint density at radius 3 is 2.89 bits per heavy atom. The lowest BCUT2D eigenvalue weighted by Gasteiger charge is -2.08. The predicted molar refractivity (Wildman–Crippen MR) is 73.5 cm³/mol. The summed E-state index contributed by atoms with van der Waals surface area (Å²) in [7, 11) is 1.86. The minimum absolute atomic E-state index is 0.0887. The van der Waals surface area contributed by atoms with Crippen molar-refractivity contribution in [3.63, 3.8) is 0 Å². The zero-order valence-electron chi connectivity index (χ0n) is 10.3. The van der Waals surface area contributed by atoms with Gasteiger partial charge in [0.05, 0.1) is 4.92 Å². The van der Waals surface area contributed by atoms with E-state index in [1.807, 2.05) is 13.1 Å². The topological polar surface area (TPSA) is 73.0 Å². The number of benzene rings is 1. The van der Waals surface area contributed by atoms with Crippen molar-refractivity contribution < 1.29 is 4.92 Å². The third-order valence-electron chi connectivity index (χ3n) is 2.79. The van der Waals surface area contributed by atoms with Crippen LogP contribution in [0.1, 0.15) is 5.69 Å². The Morgan fingerprint density at radius 2 is 2.26 bits per heavy atom. The average molecular weight is 281 g/mol. The van der Waals surface area contributed by atoms with Crippen LogP contribution in [0.2, 0.25) is 5.02 Å². The minimum Gasteiger partial charge on any atom is -0.379 e. The van der Waals surface area contributed by atoms with Crippen LogP contribution in [0.3, 0.4) is 0 Å². The monoisotopic (exact) mass is 280 g/mol. The lowest BCUT2D eigenvalue weighted by atomic mass is 10.2. The van der Waals surface area contributed by atoms with Crippen LogP contribution in [0, 0.1) is 10.1 Å². The van der Waals surface area contributed by atoms with E-state index in [2.05, 4.69) is 10.4 Å². The van der Waals surface area contributed by atoms with Gasteiger partial charge in [0.15, 0.2) is 0 Å². The molecule has 0 aliphatic carbocycles. The van der Waals surface area contributed by atoms with E-state index in [0.29, 0.717) is 12.2 Å². The first kappa shape index (κ1) is 13.4. The molecule has 2 rings (SSSR count). The van der Waals surface area contributed by atoms with E-state index in [9.17, 15) is 10.1 Å². The van der Waals surface area contributed by atoms with E-state index in [4.69, 9.17) is 11.6 Å². The van der Waals surface area contributed by atoms with Gasteiger partial charge in [-0.1, -0.05) is 17.7 Å². The van der Waals surface area contributed by atoms with E-state index in [1.54, 1.807) is 23.0 Å². The number of nitrogens with one attached hydrogen (secondary N) is 1. The highest BCUT2D eigenvalue weighted by Gasteiger charge is 2.17. The molecule has 0 atom stereocenters. The lowest BCUT2D eigenvalue weighted by molar-refractivity contribution is -0.383. The number of hydrogen-bond donors (Lipinski definition) is 1. The average Bonchev–Trinajstić information content (AvgIpc) is 2.75. The van der Waals surface area contributed by atoms with Crippen molar-refractivity contribution >= 4 is 23.0 Å². The Balaban J connectivity index is 2.06. The van der Waals surface area contributed by atoms with Crippen LogP contribution in [-0.4, -0.2) is 21.2 Å². The Kier molecular flexibility index (Phi) is 4.01. The van der Waals surface area contributed by atoms with Crippen LogP contribution in [0.25, 0.3) is 0 Å². The summed E-state index contributed by atoms with van der Waals surface area (Å²) in [5.74, 6) is 0. The molecule has 1 aromatic carbocycles. The van der Waals surface area contributed by atoms with E-state index < -0.39 is 4.92 Å². The second kappa shape index (κ2) is 5.71. The van der Waals surface area contributed by atoms with Crippen LogP contribution in [-0.2, 0) is 13.5 Å². The molecule has 0 aliphatic rings. The zero-order valence-corrected chi connectivity index (χ0v) is 11.1. The number of aromatic nitrogens is 2. The van der Waals surface area contributed by atoms with Crippen LogP contribution in [0.4, 0.5) is 11.4 Å². The van der Waals surface area contributed by atoms with Crippen molar-refractivity contribution in [3.05, 3.63) is 51.3 Å². The van der Waals surface area contributed by atoms with Gasteiger partial charge in [-0.25, -0.2) is 0 Å². The molecule has 0 saturated heterocycles. The van der Waals surface area contributed by atoms with Gasteiger partial charge >= 0.3 is 5.69 Å². The van der Waals surface area contributed by atoms with Crippen molar-refractivity contribution in [1.82, 2.24) is 9.78 Å². The second-order valence-corrected chi connectivity index (χ2v) is 4.42. The summed E-state index contributed by atoms with van der Waals surface area (Å²) in [5, 5.41) is 18.2. The number of nitro groups is 1. The summed E-state index contributed by atoms with van der Waals surface area (Å²) in [6.45, 7) is 0.570. The molecule has 0 aliphatic heterocycles. The van der Waals surface area contributed by atoms with Gasteiger partial charge in [0.1, 0.15) is 10.7 Å². The molecule has 2 aromatic rings. The highest BCUT2D eigenvalue weighted by Crippen LogP contribution is 2.32. The molecule has 1 N–H and O–H groups in total. The van der Waals surface area contributed by atoms with Crippen LogP contribution in [0.5, 0.6) is 0 Å². The van der Waals surface area contributed by atoms with Crippen LogP contribution < -0.4 is 5.32 Å². The maximum Gasteiger partial charge on any atom is 0.310 e. The van der Waals surface area contributed by atoms with Crippen molar-refractivity contribution in [1.29, 1.82) is 0 Å². The van der Waals surface area contributed by atoms with Crippen molar-refractivity contribution in [2.45, 2.75) is 6.42 Å². The summed E-state index contributed by atoms with van der Waals surface area (Å²) in [5.41, 5.74) is 1.39. The molecular weight excluding hydrogens is 268 g/mol. The Hall–Kier alpha value is -2.08. The number of para-hydroxylation sites is 1. The van der Waals surface area contributed by atoms with Gasteiger partial charge in [-0.2, -0.15) is 5.10 Å². The molecule has 100 valence electrons. The van der Waals surface area contributed by atoms with Crippen molar-refractivity contribution in [3.8, 4) is 0 Å². The first-order chi connectivity index (χ1) is 9.09. The van der Waals surface area contributed by atoms with Crippen molar-refractivity contribution in [2.24, 2.45) is 7.05 Å². The lowest BCUT2D eigenvalue weighted by Crippen LogP contribution is -2.09. The van der Waals surface area contributed by atoms with Crippen LogP contribution in [0.15, 0.2) is 30.5 Å². The van der Waals surface area contributed by atoms with Crippen LogP contribution >= 0.6 is 11.6 Å². The number of nitro benzene ring substituents is 1. The van der Waals surface area contributed by atoms with Gasteiger partial charge in [-0.05, 0) is 18.2 Å². The maximum absolute atomic E-state index is 11.0. The molecule has 1 aromatic heterocycles. The smallest absolute Gasteiger partial charge is 0.310 e. The zero-order chi connectivity index (χ0) is 13.8. The molecule has 19 heavy (non-hydrogen) atoms. The van der Waals surface area contributed by atoms with Gasteiger partial charge in [0.2, 0.25) is 0 Å². The minimum atomic E-state index is -0.477. The third kappa shape index (κ3) is 3.03. The van der Waals surface area contributed by atoms with E-state index in [0.717, 1.165) is 12.1 Å². The molecule has 0 unspecified atom stereocenters. The number of nitrogens with zero attached hydrogens (tertiary/aromatic N) is 3. The summed E-state index contributed by atoms with van der Waals surface area (Å²) >= 11 is 5.83. The van der Waals surface area contributed by atoms with E-state index in [1.165, 1.54) is 6.07 Å². The number of rotatable bonds is 5. The summed E-state index contributed by atoms with van der Waals surface area (Å²) in [4.78, 5) is 10.5. The molecule has 1 heterocycles. The number of anilines is 1. The fourth-order valence-corrected chi connectivity index (χ4v) is 2.06. The fraction of sp³-hybridized carbons (Fsp3) is 0.250. The number of halogens is 1. The molecule has 0 amide bonds. The molecule has 0 radical (unpaired) electrons. The fourth-order valence-electron chi connectivity index (χ4n) is 1.82. The quantitative estimate of drug-likeness (QED) is 0.675. The van der Waals surface area contributed by atoms with Gasteiger partial charge < -0.3 is 5.32 Å². The van der Waals surface area contributed by atoms with E-state index >= 15 is 0 Å². The Morgan fingerprint density at radius 1 is 1.47 bits per heavy atom. The molecule has 7 heteroatoms. The van der Waals surface area contributed by atoms with Crippen molar-refractivity contribution in [2.75, 3.05) is 11.9 Å². The molecule has 0 fully saturated rings. The van der Waals surface area contributed by atoms with Gasteiger partial charge in [0.25, 0.3) is 0 Å². The predicted octanol–water partition coefficient (Wildman–Crippen LogP) is 2.64. The molecule has 0 bridgehead atoms. The first-order valence-electron chi connectivity index (χ1n) is 5.73. The summed E-state index contributed by atoms with van der Waals surface area (Å²) in [6, 6.07) is 6.75. The third-order valence-corrected chi connectivity index (χ3v) is 3.09. The summed E-state index contributed by atoms with van der Waals surface area (Å²) in [6.07, 6.45) is 2.44. The highest BCUT2D eigenvalue weighted by molar-refractivity contribution is 6.33. The SMILES string of the molecule is Cn1nccc1CCNc1cccc(Cl)c1[N+](=O)[O-]. The van der Waals surface area contributed by atoms with Gasteiger partial charge in [0, 0.05) is 31.9 Å². The molecule has 6 nitrogen and oxygen atoms in total. The molecule has 0 spiro atoms. The molecule has 0 saturated carbocycles. The van der Waals surface area contributed by atoms with Gasteiger partial charge in [-0.15, -0.1) is 0 Å². The normalized spacial score (nSPS) is 10.4. The summed E-state index contributed by atoms with van der Waals surface area (Å²) < 4.78 is 1.77. The number of hydrogen-bond acceptors (Lipinski definition) is 4. The Bertz CT molecular complexity index is 597. The standard InChI is InChI=1S/C12H13ClN4O2/c1-16-9(6-8-15-16)5-7-14-11-4-2-3-10(13)12(11)17(18)19/h2-4,6,8,14H,5,7H2,1H3. The Labute approximate surface area is 115 Å². The maximum atomic E-state index is 11.0. The first-order valence-corrected chi connectivity index (χ1v) is 6.11. The van der Waals surface area contributed by atoms with Gasteiger partial charge in [-0.3, -0.25) is 14.8 Å². The highest BCUT2D eigenvalue weighted by atomic mass is 35.5.